The van der Waals surface area contributed by atoms with Gasteiger partial charge in [0.2, 0.25) is 11.9 Å². The van der Waals surface area contributed by atoms with Crippen LogP contribution in [0.1, 0.15) is 39.8 Å². The van der Waals surface area contributed by atoms with Gasteiger partial charge in [0, 0.05) is 25.6 Å². The van der Waals surface area contributed by atoms with Crippen LogP contribution in [0.25, 0.3) is 11.2 Å². The maximum absolute atomic E-state index is 11.9. The van der Waals surface area contributed by atoms with Crippen molar-refractivity contribution in [3.8, 4) is 0 Å². The van der Waals surface area contributed by atoms with Crippen LogP contribution in [0.15, 0.2) is 0 Å². The number of nitrogens with one attached hydrogen (secondary N) is 1. The Morgan fingerprint density at radius 3 is 2.62 bits per heavy atom. The molecule has 0 radical (unpaired) electrons. The third-order valence-electron chi connectivity index (χ3n) is 3.23. The lowest BCUT2D eigenvalue weighted by Gasteiger charge is -2.20. The number of aromatic nitrogens is 4. The molecule has 0 fully saturated rings. The number of nitrogen functional groups attached to an aromatic ring is 1. The van der Waals surface area contributed by atoms with Crippen LogP contribution in [0.5, 0.6) is 0 Å². The number of nitrogens with two attached hydrogens (primary N) is 1. The van der Waals surface area contributed by atoms with E-state index < -0.39 is 0 Å². The summed E-state index contributed by atoms with van der Waals surface area (Å²) in [6.07, 6.45) is 1.16. The monoisotopic (exact) mass is 292 g/mol. The van der Waals surface area contributed by atoms with E-state index in [0.29, 0.717) is 18.9 Å². The number of imidazole rings is 1. The van der Waals surface area contributed by atoms with Gasteiger partial charge in [0.05, 0.1) is 5.69 Å². The van der Waals surface area contributed by atoms with Gasteiger partial charge >= 0.3 is 0 Å². The van der Waals surface area contributed by atoms with E-state index >= 15 is 0 Å². The average molecular weight is 292 g/mol. The number of carbonyl (C=O) groups excluding carboxylic acids is 1. The van der Waals surface area contributed by atoms with E-state index in [4.69, 9.17) is 5.73 Å². The molecular formula is C14H24N6O. The standard InChI is InChI=1S/C14H24N6O/c1-6-9-11-12(19(5)18-9)20(13(15)16-11)8-7-10(21)17-14(2,3)4/h6-8H2,1-5H3,(H2,15,16)(H,17,21). The SMILES string of the molecule is CCc1nn(C)c2c1nc(N)n2CCC(=O)NC(C)(C)C. The Morgan fingerprint density at radius 1 is 1.38 bits per heavy atom. The highest BCUT2D eigenvalue weighted by Crippen LogP contribution is 2.21. The molecule has 2 aromatic heterocycles. The van der Waals surface area contributed by atoms with Crippen LogP contribution < -0.4 is 11.1 Å². The maximum Gasteiger partial charge on any atom is 0.222 e. The summed E-state index contributed by atoms with van der Waals surface area (Å²) in [4.78, 5) is 16.3. The van der Waals surface area contributed by atoms with E-state index in [-0.39, 0.29) is 11.4 Å². The first-order valence-corrected chi connectivity index (χ1v) is 7.21. The van der Waals surface area contributed by atoms with Crippen LogP contribution >= 0.6 is 0 Å². The smallest absolute Gasteiger partial charge is 0.222 e. The summed E-state index contributed by atoms with van der Waals surface area (Å²) in [5.74, 6) is 0.429. The van der Waals surface area contributed by atoms with Crippen molar-refractivity contribution < 1.29 is 4.79 Å². The Morgan fingerprint density at radius 2 is 2.05 bits per heavy atom. The molecule has 116 valence electrons. The van der Waals surface area contributed by atoms with Crippen molar-refractivity contribution in [2.75, 3.05) is 5.73 Å². The number of amides is 1. The molecule has 0 aliphatic heterocycles. The number of hydrogen-bond acceptors (Lipinski definition) is 4. The van der Waals surface area contributed by atoms with Gasteiger partial charge in [-0.3, -0.25) is 14.0 Å². The van der Waals surface area contributed by atoms with Crippen molar-refractivity contribution in [1.29, 1.82) is 0 Å². The van der Waals surface area contributed by atoms with Gasteiger partial charge in [0.25, 0.3) is 0 Å². The highest BCUT2D eigenvalue weighted by atomic mass is 16.1. The Bertz CT molecular complexity index is 661. The predicted octanol–water partition coefficient (Wildman–Crippen LogP) is 1.22. The minimum absolute atomic E-state index is 0.00151. The zero-order valence-corrected chi connectivity index (χ0v) is 13.4. The van der Waals surface area contributed by atoms with E-state index in [1.165, 1.54) is 0 Å². The molecule has 0 aliphatic rings. The summed E-state index contributed by atoms with van der Waals surface area (Å²) < 4.78 is 3.63. The zero-order chi connectivity index (χ0) is 15.8. The first-order chi connectivity index (χ1) is 9.73. The fraction of sp³-hybridized carbons (Fsp3) is 0.643. The molecule has 2 rings (SSSR count). The van der Waals surface area contributed by atoms with E-state index in [0.717, 1.165) is 23.3 Å². The average Bonchev–Trinajstić information content (AvgIpc) is 2.82. The van der Waals surface area contributed by atoms with Crippen molar-refractivity contribution in [2.45, 2.75) is 52.6 Å². The second-order valence-electron chi connectivity index (χ2n) is 6.27. The second kappa shape index (κ2) is 5.38. The van der Waals surface area contributed by atoms with Crippen molar-refractivity contribution in [3.63, 3.8) is 0 Å². The van der Waals surface area contributed by atoms with Gasteiger partial charge < -0.3 is 11.1 Å². The van der Waals surface area contributed by atoms with Gasteiger partial charge in [0.15, 0.2) is 5.65 Å². The first kappa shape index (κ1) is 15.3. The number of aryl methyl sites for hydroxylation is 3. The van der Waals surface area contributed by atoms with Gasteiger partial charge in [-0.15, -0.1) is 0 Å². The summed E-state index contributed by atoms with van der Waals surface area (Å²) in [7, 11) is 1.87. The summed E-state index contributed by atoms with van der Waals surface area (Å²) >= 11 is 0. The molecule has 2 aromatic rings. The lowest BCUT2D eigenvalue weighted by atomic mass is 10.1. The zero-order valence-electron chi connectivity index (χ0n) is 13.4. The highest BCUT2D eigenvalue weighted by Gasteiger charge is 2.18. The molecule has 2 heterocycles. The van der Waals surface area contributed by atoms with Crippen LogP contribution in [-0.2, 0) is 24.8 Å². The third kappa shape index (κ3) is 3.17. The molecule has 3 N–H and O–H groups in total. The van der Waals surface area contributed by atoms with Gasteiger partial charge in [-0.1, -0.05) is 6.92 Å². The quantitative estimate of drug-likeness (QED) is 0.886. The number of rotatable bonds is 4. The summed E-state index contributed by atoms with van der Waals surface area (Å²) in [5, 5.41) is 7.38. The van der Waals surface area contributed by atoms with Crippen molar-refractivity contribution in [2.24, 2.45) is 7.05 Å². The van der Waals surface area contributed by atoms with Gasteiger partial charge in [-0.25, -0.2) is 4.98 Å². The Kier molecular flexibility index (Phi) is 3.93. The molecule has 0 bridgehead atoms. The molecule has 0 aliphatic carbocycles. The van der Waals surface area contributed by atoms with Gasteiger partial charge in [0.1, 0.15) is 5.52 Å². The maximum atomic E-state index is 11.9. The fourth-order valence-corrected chi connectivity index (χ4v) is 2.41. The van der Waals surface area contributed by atoms with Gasteiger partial charge in [-0.05, 0) is 27.2 Å². The van der Waals surface area contributed by atoms with Crippen LogP contribution in [0, 0.1) is 0 Å². The number of anilines is 1. The van der Waals surface area contributed by atoms with E-state index in [1.54, 1.807) is 4.68 Å². The Balaban J connectivity index is 2.21. The van der Waals surface area contributed by atoms with Crippen LogP contribution in [0.4, 0.5) is 5.95 Å². The normalized spacial score (nSPS) is 12.0. The topological polar surface area (TPSA) is 90.8 Å². The summed E-state index contributed by atoms with van der Waals surface area (Å²) in [6.45, 7) is 8.41. The lowest BCUT2D eigenvalue weighted by Crippen LogP contribution is -2.40. The van der Waals surface area contributed by atoms with Gasteiger partial charge in [-0.2, -0.15) is 5.10 Å². The third-order valence-corrected chi connectivity index (χ3v) is 3.23. The molecule has 7 heteroatoms. The molecule has 1 amide bonds. The number of fused-ring (bicyclic) bond motifs is 1. The number of nitrogens with zero attached hydrogens (tertiary/aromatic N) is 4. The van der Waals surface area contributed by atoms with Crippen LogP contribution in [0.3, 0.4) is 0 Å². The van der Waals surface area contributed by atoms with E-state index in [2.05, 4.69) is 15.4 Å². The first-order valence-electron chi connectivity index (χ1n) is 7.21. The summed E-state index contributed by atoms with van der Waals surface area (Å²) in [6, 6.07) is 0. The molecule has 0 atom stereocenters. The number of carbonyl (C=O) groups is 1. The fourth-order valence-electron chi connectivity index (χ4n) is 2.41. The molecule has 0 spiro atoms. The summed E-state index contributed by atoms with van der Waals surface area (Å²) in [5.41, 5.74) is 8.38. The molecule has 0 aromatic carbocycles. The minimum Gasteiger partial charge on any atom is -0.369 e. The molecule has 21 heavy (non-hydrogen) atoms. The lowest BCUT2D eigenvalue weighted by molar-refractivity contribution is -0.122. The second-order valence-corrected chi connectivity index (χ2v) is 6.27. The highest BCUT2D eigenvalue weighted by molar-refractivity contribution is 5.79. The van der Waals surface area contributed by atoms with Crippen LogP contribution in [0.2, 0.25) is 0 Å². The van der Waals surface area contributed by atoms with E-state index in [9.17, 15) is 4.79 Å². The minimum atomic E-state index is -0.227. The molecule has 0 saturated heterocycles. The predicted molar refractivity (Wildman–Crippen MR) is 82.8 cm³/mol. The van der Waals surface area contributed by atoms with Crippen molar-refractivity contribution in [3.05, 3.63) is 5.69 Å². The van der Waals surface area contributed by atoms with Crippen LogP contribution in [-0.4, -0.2) is 30.8 Å². The molecule has 0 unspecified atom stereocenters. The largest absolute Gasteiger partial charge is 0.369 e. The Labute approximate surface area is 124 Å². The van der Waals surface area contributed by atoms with E-state index in [1.807, 2.05) is 39.3 Å². The van der Waals surface area contributed by atoms with Crippen molar-refractivity contribution >= 4 is 23.0 Å². The molecule has 0 saturated carbocycles. The molecule has 7 nitrogen and oxygen atoms in total. The van der Waals surface area contributed by atoms with Crippen molar-refractivity contribution in [1.82, 2.24) is 24.6 Å². The molecular weight excluding hydrogens is 268 g/mol. The number of hydrogen-bond donors (Lipinski definition) is 2. The Hall–Kier alpha value is -2.05.